The average Bonchev–Trinajstić information content (AvgIpc) is 3.31. The van der Waals surface area contributed by atoms with Crippen molar-refractivity contribution in [2.45, 2.75) is 44.3 Å². The van der Waals surface area contributed by atoms with E-state index in [4.69, 9.17) is 4.74 Å². The van der Waals surface area contributed by atoms with Gasteiger partial charge in [0.1, 0.15) is 6.10 Å². The van der Waals surface area contributed by atoms with Gasteiger partial charge in [-0.05, 0) is 56.2 Å². The van der Waals surface area contributed by atoms with Gasteiger partial charge in [0.25, 0.3) is 0 Å². The summed E-state index contributed by atoms with van der Waals surface area (Å²) in [5.41, 5.74) is 1.01. The highest BCUT2D eigenvalue weighted by Gasteiger charge is 2.42. The predicted octanol–water partition coefficient (Wildman–Crippen LogP) is 1.63. The van der Waals surface area contributed by atoms with Gasteiger partial charge in [-0.25, -0.2) is 0 Å². The molecule has 3 atom stereocenters. The van der Waals surface area contributed by atoms with Gasteiger partial charge in [-0.15, -0.1) is 0 Å². The molecule has 1 aromatic heterocycles. The van der Waals surface area contributed by atoms with Crippen LogP contribution in [0.1, 0.15) is 31.4 Å². The molecule has 1 saturated carbocycles. The molecule has 0 bridgehead atoms. The predicted molar refractivity (Wildman–Crippen MR) is 91.5 cm³/mol. The maximum absolute atomic E-state index is 12.4. The molecule has 5 nitrogen and oxygen atoms in total. The highest BCUT2D eigenvalue weighted by Crippen LogP contribution is 2.36. The van der Waals surface area contributed by atoms with Gasteiger partial charge in [-0.1, -0.05) is 6.07 Å². The number of hydrogen-bond acceptors (Lipinski definition) is 4. The van der Waals surface area contributed by atoms with Gasteiger partial charge in [-0.3, -0.25) is 9.78 Å². The smallest absolute Gasteiger partial charge is 0.249 e. The Labute approximate surface area is 143 Å². The molecule has 1 aromatic rings. The number of aromatic nitrogens is 1. The number of fused-ring (bicyclic) bond motifs is 1. The zero-order chi connectivity index (χ0) is 16.4. The Kier molecular flexibility index (Phi) is 4.81. The molecule has 4 rings (SSSR count). The second-order valence-electron chi connectivity index (χ2n) is 7.51. The summed E-state index contributed by atoms with van der Waals surface area (Å²) in [5.74, 6) is 1.54. The first-order chi connectivity index (χ1) is 11.8. The summed E-state index contributed by atoms with van der Waals surface area (Å²) >= 11 is 0. The number of ether oxygens (including phenoxy) is 1. The van der Waals surface area contributed by atoms with E-state index in [0.29, 0.717) is 12.5 Å². The van der Waals surface area contributed by atoms with Gasteiger partial charge in [0, 0.05) is 37.9 Å². The number of hydrogen-bond donors (Lipinski definition) is 1. The number of piperidine rings is 1. The molecular weight excluding hydrogens is 302 g/mol. The van der Waals surface area contributed by atoms with Crippen molar-refractivity contribution in [3.63, 3.8) is 0 Å². The number of carbonyl (C=O) groups is 1. The van der Waals surface area contributed by atoms with Crippen LogP contribution in [0.15, 0.2) is 24.4 Å². The van der Waals surface area contributed by atoms with Crippen molar-refractivity contribution in [2.24, 2.45) is 11.8 Å². The molecule has 2 aliphatic heterocycles. The minimum atomic E-state index is -0.260. The lowest BCUT2D eigenvalue weighted by Crippen LogP contribution is -2.43. The number of likely N-dealkylation sites (tertiary alicyclic amines) is 1. The Morgan fingerprint density at radius 1 is 1.33 bits per heavy atom. The Morgan fingerprint density at radius 3 is 3.04 bits per heavy atom. The monoisotopic (exact) mass is 329 g/mol. The van der Waals surface area contributed by atoms with Gasteiger partial charge >= 0.3 is 0 Å². The van der Waals surface area contributed by atoms with E-state index < -0.39 is 0 Å². The van der Waals surface area contributed by atoms with Crippen LogP contribution < -0.4 is 5.32 Å². The molecule has 3 fully saturated rings. The first-order valence-corrected chi connectivity index (χ1v) is 9.33. The van der Waals surface area contributed by atoms with Crippen LogP contribution >= 0.6 is 0 Å². The Hall–Kier alpha value is -1.46. The lowest BCUT2D eigenvalue weighted by molar-refractivity contribution is -0.132. The van der Waals surface area contributed by atoms with E-state index in [-0.39, 0.29) is 18.1 Å². The largest absolute Gasteiger partial charge is 0.364 e. The van der Waals surface area contributed by atoms with Gasteiger partial charge < -0.3 is 15.0 Å². The van der Waals surface area contributed by atoms with Gasteiger partial charge in [0.2, 0.25) is 5.91 Å². The number of rotatable bonds is 6. The Bertz CT molecular complexity index is 561. The van der Waals surface area contributed by atoms with Crippen molar-refractivity contribution in [3.8, 4) is 0 Å². The molecule has 0 unspecified atom stereocenters. The van der Waals surface area contributed by atoms with E-state index in [2.05, 4.69) is 15.2 Å². The van der Waals surface area contributed by atoms with E-state index >= 15 is 0 Å². The zero-order valence-electron chi connectivity index (χ0n) is 14.2. The second-order valence-corrected chi connectivity index (χ2v) is 7.51. The van der Waals surface area contributed by atoms with E-state index in [1.807, 2.05) is 18.2 Å². The second kappa shape index (κ2) is 7.19. The lowest BCUT2D eigenvalue weighted by atomic mass is 9.91. The molecule has 1 N–H and O–H groups in total. The number of nitrogens with one attached hydrogen (secondary N) is 1. The van der Waals surface area contributed by atoms with Crippen LogP contribution in [0.3, 0.4) is 0 Å². The summed E-state index contributed by atoms with van der Waals surface area (Å²) in [6.07, 6.45) is 7.40. The van der Waals surface area contributed by atoms with Crippen LogP contribution in [-0.4, -0.2) is 54.2 Å². The Balaban J connectivity index is 1.21. The van der Waals surface area contributed by atoms with Crippen LogP contribution in [-0.2, 0) is 16.0 Å². The number of nitrogens with zero attached hydrogens (tertiary/aromatic N) is 2. The molecule has 2 saturated heterocycles. The molecular formula is C19H27N3O2. The summed E-state index contributed by atoms with van der Waals surface area (Å²) in [6.45, 7) is 4.04. The van der Waals surface area contributed by atoms with Crippen molar-refractivity contribution in [2.75, 3.05) is 26.2 Å². The molecule has 1 aliphatic carbocycles. The van der Waals surface area contributed by atoms with Gasteiger partial charge in [0.15, 0.2) is 0 Å². The third kappa shape index (κ3) is 3.95. The fourth-order valence-electron chi connectivity index (χ4n) is 3.97. The molecule has 0 radical (unpaired) electrons. The molecule has 0 spiro atoms. The van der Waals surface area contributed by atoms with Crippen molar-refractivity contribution in [1.29, 1.82) is 0 Å². The minimum absolute atomic E-state index is 0.0501. The number of amides is 1. The van der Waals surface area contributed by atoms with Crippen molar-refractivity contribution >= 4 is 5.91 Å². The van der Waals surface area contributed by atoms with Gasteiger partial charge in [-0.2, -0.15) is 0 Å². The molecule has 130 valence electrons. The molecule has 1 amide bonds. The van der Waals surface area contributed by atoms with E-state index in [1.165, 1.54) is 32.4 Å². The lowest BCUT2D eigenvalue weighted by Gasteiger charge is -2.34. The van der Waals surface area contributed by atoms with Gasteiger partial charge in [0.05, 0.1) is 6.10 Å². The van der Waals surface area contributed by atoms with Crippen LogP contribution in [0, 0.1) is 11.8 Å². The minimum Gasteiger partial charge on any atom is -0.364 e. The molecule has 24 heavy (non-hydrogen) atoms. The Morgan fingerprint density at radius 2 is 2.25 bits per heavy atom. The van der Waals surface area contributed by atoms with E-state index in [0.717, 1.165) is 31.0 Å². The van der Waals surface area contributed by atoms with E-state index in [9.17, 15) is 4.79 Å². The van der Waals surface area contributed by atoms with Crippen LogP contribution in [0.4, 0.5) is 0 Å². The highest BCUT2D eigenvalue weighted by molar-refractivity contribution is 5.81. The molecule has 5 heteroatoms. The SMILES string of the molecule is O=C(NCCc1ccccn1)[C@@H]1C[C@@H]2CCN(CC3CC3)C[C@H]2O1. The maximum Gasteiger partial charge on any atom is 0.249 e. The first-order valence-electron chi connectivity index (χ1n) is 9.33. The number of pyridine rings is 1. The average molecular weight is 329 g/mol. The number of carbonyl (C=O) groups excluding carboxylic acids is 1. The van der Waals surface area contributed by atoms with Crippen molar-refractivity contribution in [1.82, 2.24) is 15.2 Å². The topological polar surface area (TPSA) is 54.5 Å². The molecule has 0 aromatic carbocycles. The zero-order valence-corrected chi connectivity index (χ0v) is 14.2. The summed E-state index contributed by atoms with van der Waals surface area (Å²) < 4.78 is 6.09. The summed E-state index contributed by atoms with van der Waals surface area (Å²) in [5, 5.41) is 3.02. The summed E-state index contributed by atoms with van der Waals surface area (Å²) in [4.78, 5) is 19.2. The van der Waals surface area contributed by atoms with Crippen LogP contribution in [0.2, 0.25) is 0 Å². The first kappa shape index (κ1) is 16.0. The third-order valence-corrected chi connectivity index (χ3v) is 5.55. The quantitative estimate of drug-likeness (QED) is 0.862. The third-order valence-electron chi connectivity index (χ3n) is 5.55. The molecule has 3 aliphatic rings. The normalized spacial score (nSPS) is 30.1. The summed E-state index contributed by atoms with van der Waals surface area (Å²) in [6, 6.07) is 5.87. The fraction of sp³-hybridized carbons (Fsp3) is 0.684. The molecule has 3 heterocycles. The highest BCUT2D eigenvalue weighted by atomic mass is 16.5. The van der Waals surface area contributed by atoms with Crippen LogP contribution in [0.25, 0.3) is 0 Å². The fourth-order valence-corrected chi connectivity index (χ4v) is 3.97. The van der Waals surface area contributed by atoms with Crippen LogP contribution in [0.5, 0.6) is 0 Å². The van der Waals surface area contributed by atoms with Crippen molar-refractivity contribution < 1.29 is 9.53 Å². The van der Waals surface area contributed by atoms with Crippen molar-refractivity contribution in [3.05, 3.63) is 30.1 Å². The summed E-state index contributed by atoms with van der Waals surface area (Å²) in [7, 11) is 0. The standard InChI is InChI=1S/C19H27N3O2/c23-19(21-9-6-16-3-1-2-8-20-16)17-11-15-7-10-22(12-14-4-5-14)13-18(15)24-17/h1-3,8,14-15,17-18H,4-7,9-13H2,(H,21,23)/t15-,17-,18+/m0/s1. The maximum atomic E-state index is 12.4. The van der Waals surface area contributed by atoms with E-state index in [1.54, 1.807) is 6.20 Å².